The molecule has 0 heterocycles. The number of hydrogen-bond donors (Lipinski definition) is 1. The topological polar surface area (TPSA) is 49.4 Å². The lowest BCUT2D eigenvalue weighted by atomic mass is 9.95. The zero-order valence-electron chi connectivity index (χ0n) is 17.9. The largest absolute Gasteiger partial charge is 0.352 e. The summed E-state index contributed by atoms with van der Waals surface area (Å²) in [6.07, 6.45) is 5.91. The molecule has 160 valence electrons. The van der Waals surface area contributed by atoms with E-state index in [1.54, 1.807) is 4.90 Å². The van der Waals surface area contributed by atoms with Gasteiger partial charge in [0.2, 0.25) is 11.8 Å². The summed E-state index contributed by atoms with van der Waals surface area (Å²) in [6.45, 7) is 4.27. The van der Waals surface area contributed by atoms with Crippen LogP contribution in [0.3, 0.4) is 0 Å². The van der Waals surface area contributed by atoms with Crippen LogP contribution in [0.2, 0.25) is 0 Å². The number of carbonyl (C=O) groups excluding carboxylic acids is 2. The zero-order valence-corrected chi connectivity index (χ0v) is 19.5. The number of carbonyl (C=O) groups is 2. The summed E-state index contributed by atoms with van der Waals surface area (Å²) in [4.78, 5) is 28.0. The standard InChI is InChI=1S/C25H31BrN2O2/c1-18-11-13-20(14-12-18)16-24(29)28(17-21-7-6-8-22(26)15-21)19(2)25(30)27-23-9-4-3-5-10-23/h6-8,11-15,19,23H,3-5,9-10,16-17H2,1-2H3,(H,27,30)/t19-/m0/s1. The summed E-state index contributed by atoms with van der Waals surface area (Å²) in [5.74, 6) is -0.0979. The number of rotatable bonds is 7. The van der Waals surface area contributed by atoms with Crippen LogP contribution in [-0.2, 0) is 22.6 Å². The zero-order chi connectivity index (χ0) is 21.5. The van der Waals surface area contributed by atoms with Crippen LogP contribution >= 0.6 is 15.9 Å². The summed E-state index contributed by atoms with van der Waals surface area (Å²) >= 11 is 3.50. The van der Waals surface area contributed by atoms with Crippen molar-refractivity contribution in [3.63, 3.8) is 0 Å². The fourth-order valence-corrected chi connectivity index (χ4v) is 4.41. The molecule has 2 aromatic rings. The molecule has 0 aliphatic heterocycles. The van der Waals surface area contributed by atoms with Crippen LogP contribution in [0.4, 0.5) is 0 Å². The normalized spacial score (nSPS) is 15.4. The molecule has 0 spiro atoms. The van der Waals surface area contributed by atoms with Crippen molar-refractivity contribution in [1.29, 1.82) is 0 Å². The summed E-state index contributed by atoms with van der Waals surface area (Å²) in [5.41, 5.74) is 3.13. The molecule has 3 rings (SSSR count). The molecule has 0 unspecified atom stereocenters. The van der Waals surface area contributed by atoms with E-state index in [2.05, 4.69) is 21.2 Å². The SMILES string of the molecule is Cc1ccc(CC(=O)N(Cc2cccc(Br)c2)[C@@H](C)C(=O)NC2CCCCC2)cc1. The molecule has 1 saturated carbocycles. The van der Waals surface area contributed by atoms with Crippen LogP contribution < -0.4 is 5.32 Å². The first-order valence-corrected chi connectivity index (χ1v) is 11.6. The smallest absolute Gasteiger partial charge is 0.242 e. The van der Waals surface area contributed by atoms with Gasteiger partial charge < -0.3 is 10.2 Å². The Morgan fingerprint density at radius 3 is 2.43 bits per heavy atom. The average Bonchev–Trinajstić information content (AvgIpc) is 2.74. The first-order chi connectivity index (χ1) is 14.4. The molecule has 0 aromatic heterocycles. The second kappa shape index (κ2) is 10.8. The predicted octanol–water partition coefficient (Wildman–Crippen LogP) is 5.17. The third-order valence-electron chi connectivity index (χ3n) is 5.84. The van der Waals surface area contributed by atoms with E-state index in [-0.39, 0.29) is 24.3 Å². The molecule has 1 aliphatic carbocycles. The summed E-state index contributed by atoms with van der Waals surface area (Å²) < 4.78 is 0.963. The molecule has 0 radical (unpaired) electrons. The minimum absolute atomic E-state index is 0.0369. The fraction of sp³-hybridized carbons (Fsp3) is 0.440. The molecule has 0 saturated heterocycles. The maximum Gasteiger partial charge on any atom is 0.242 e. The summed E-state index contributed by atoms with van der Waals surface area (Å²) in [5, 5.41) is 3.18. The van der Waals surface area contributed by atoms with Gasteiger partial charge in [-0.05, 0) is 49.9 Å². The molecule has 2 amide bonds. The lowest BCUT2D eigenvalue weighted by molar-refractivity contribution is -0.140. The first-order valence-electron chi connectivity index (χ1n) is 10.8. The number of aryl methyl sites for hydroxylation is 1. The van der Waals surface area contributed by atoms with Gasteiger partial charge in [0.1, 0.15) is 6.04 Å². The molecular formula is C25H31BrN2O2. The highest BCUT2D eigenvalue weighted by Crippen LogP contribution is 2.19. The van der Waals surface area contributed by atoms with Crippen molar-refractivity contribution in [2.24, 2.45) is 0 Å². The van der Waals surface area contributed by atoms with Crippen molar-refractivity contribution >= 4 is 27.7 Å². The van der Waals surface area contributed by atoms with Crippen LogP contribution in [0.1, 0.15) is 55.7 Å². The van der Waals surface area contributed by atoms with Gasteiger partial charge in [0, 0.05) is 17.1 Å². The number of halogens is 1. The maximum absolute atomic E-state index is 13.3. The third kappa shape index (κ3) is 6.43. The van der Waals surface area contributed by atoms with E-state index < -0.39 is 6.04 Å². The predicted molar refractivity (Wildman–Crippen MR) is 124 cm³/mol. The molecule has 1 N–H and O–H groups in total. The van der Waals surface area contributed by atoms with Gasteiger partial charge in [-0.1, -0.05) is 77.2 Å². The number of benzene rings is 2. The maximum atomic E-state index is 13.3. The van der Waals surface area contributed by atoms with Gasteiger partial charge in [-0.3, -0.25) is 9.59 Å². The van der Waals surface area contributed by atoms with E-state index in [9.17, 15) is 9.59 Å². The van der Waals surface area contributed by atoms with Gasteiger partial charge in [-0.15, -0.1) is 0 Å². The van der Waals surface area contributed by atoms with Gasteiger partial charge in [0.25, 0.3) is 0 Å². The average molecular weight is 471 g/mol. The fourth-order valence-electron chi connectivity index (χ4n) is 3.97. The minimum Gasteiger partial charge on any atom is -0.352 e. The number of hydrogen-bond acceptors (Lipinski definition) is 2. The van der Waals surface area contributed by atoms with Gasteiger partial charge in [-0.2, -0.15) is 0 Å². The van der Waals surface area contributed by atoms with Gasteiger partial charge in [-0.25, -0.2) is 0 Å². The number of nitrogens with one attached hydrogen (secondary N) is 1. The van der Waals surface area contributed by atoms with Crippen LogP contribution in [0.25, 0.3) is 0 Å². The Kier molecular flexibility index (Phi) is 8.08. The van der Waals surface area contributed by atoms with E-state index in [4.69, 9.17) is 0 Å². The van der Waals surface area contributed by atoms with Crippen LogP contribution in [0.5, 0.6) is 0 Å². The van der Waals surface area contributed by atoms with E-state index in [1.165, 1.54) is 6.42 Å². The van der Waals surface area contributed by atoms with Crippen LogP contribution in [-0.4, -0.2) is 28.8 Å². The van der Waals surface area contributed by atoms with E-state index in [1.807, 2.05) is 62.4 Å². The number of amides is 2. The monoisotopic (exact) mass is 470 g/mol. The summed E-state index contributed by atoms with van der Waals surface area (Å²) in [6, 6.07) is 15.6. The third-order valence-corrected chi connectivity index (χ3v) is 6.33. The molecule has 0 bridgehead atoms. The molecule has 1 aliphatic rings. The minimum atomic E-state index is -0.524. The quantitative estimate of drug-likeness (QED) is 0.606. The molecule has 30 heavy (non-hydrogen) atoms. The lowest BCUT2D eigenvalue weighted by Gasteiger charge is -2.31. The second-order valence-electron chi connectivity index (χ2n) is 8.33. The Hall–Kier alpha value is -2.14. The van der Waals surface area contributed by atoms with Crippen molar-refractivity contribution < 1.29 is 9.59 Å². The van der Waals surface area contributed by atoms with Crippen molar-refractivity contribution in [3.8, 4) is 0 Å². The molecule has 4 nitrogen and oxygen atoms in total. The highest BCUT2D eigenvalue weighted by Gasteiger charge is 2.28. The van der Waals surface area contributed by atoms with Crippen molar-refractivity contribution in [3.05, 3.63) is 69.7 Å². The summed E-state index contributed by atoms with van der Waals surface area (Å²) in [7, 11) is 0. The molecule has 1 atom stereocenters. The van der Waals surface area contributed by atoms with Crippen molar-refractivity contribution in [2.75, 3.05) is 0 Å². The molecule has 5 heteroatoms. The van der Waals surface area contributed by atoms with Gasteiger partial charge >= 0.3 is 0 Å². The van der Waals surface area contributed by atoms with Crippen molar-refractivity contribution in [1.82, 2.24) is 10.2 Å². The highest BCUT2D eigenvalue weighted by molar-refractivity contribution is 9.10. The molecule has 2 aromatic carbocycles. The molecular weight excluding hydrogens is 440 g/mol. The number of nitrogens with zero attached hydrogens (tertiary/aromatic N) is 1. The Morgan fingerprint density at radius 1 is 1.07 bits per heavy atom. The Bertz CT molecular complexity index is 860. The second-order valence-corrected chi connectivity index (χ2v) is 9.25. The van der Waals surface area contributed by atoms with Gasteiger partial charge in [0.15, 0.2) is 0 Å². The van der Waals surface area contributed by atoms with Crippen LogP contribution in [0, 0.1) is 6.92 Å². The van der Waals surface area contributed by atoms with Crippen molar-refractivity contribution in [2.45, 2.75) is 71.0 Å². The molecule has 1 fully saturated rings. The van der Waals surface area contributed by atoms with Crippen LogP contribution in [0.15, 0.2) is 53.0 Å². The first kappa shape index (κ1) is 22.5. The Labute approximate surface area is 188 Å². The Morgan fingerprint density at radius 2 is 1.77 bits per heavy atom. The van der Waals surface area contributed by atoms with E-state index >= 15 is 0 Å². The van der Waals surface area contributed by atoms with Gasteiger partial charge in [0.05, 0.1) is 6.42 Å². The highest BCUT2D eigenvalue weighted by atomic mass is 79.9. The lowest BCUT2D eigenvalue weighted by Crippen LogP contribution is -2.50. The van der Waals surface area contributed by atoms with E-state index in [0.29, 0.717) is 6.54 Å². The van der Waals surface area contributed by atoms with E-state index in [0.717, 1.165) is 46.8 Å². The Balaban J connectivity index is 1.75.